The van der Waals surface area contributed by atoms with Crippen molar-refractivity contribution in [3.8, 4) is 6.07 Å². The van der Waals surface area contributed by atoms with Crippen molar-refractivity contribution in [3.63, 3.8) is 0 Å². The summed E-state index contributed by atoms with van der Waals surface area (Å²) in [6, 6.07) is 2.05. The highest BCUT2D eigenvalue weighted by Gasteiger charge is 2.29. The van der Waals surface area contributed by atoms with Crippen molar-refractivity contribution in [1.82, 2.24) is 0 Å². The van der Waals surface area contributed by atoms with Gasteiger partial charge in [0.25, 0.3) is 0 Å². The zero-order valence-electron chi connectivity index (χ0n) is 6.13. The first-order valence-corrected chi connectivity index (χ1v) is 3.65. The number of carbonyl (C=O) groups excluding carboxylic acids is 1. The van der Waals surface area contributed by atoms with Gasteiger partial charge in [-0.25, -0.2) is 0 Å². The van der Waals surface area contributed by atoms with Crippen LogP contribution in [0, 0.1) is 23.2 Å². The summed E-state index contributed by atoms with van der Waals surface area (Å²) in [6.45, 7) is 1.51. The summed E-state index contributed by atoms with van der Waals surface area (Å²) in [5.41, 5.74) is 0. The maximum Gasteiger partial charge on any atom is 0.147 e. The molecule has 0 aliphatic heterocycles. The van der Waals surface area contributed by atoms with Gasteiger partial charge in [-0.2, -0.15) is 5.26 Å². The van der Waals surface area contributed by atoms with E-state index in [2.05, 4.69) is 6.07 Å². The average molecular weight is 137 g/mol. The lowest BCUT2D eigenvalue weighted by Gasteiger charge is -2.27. The van der Waals surface area contributed by atoms with Crippen LogP contribution in [0.15, 0.2) is 0 Å². The second-order valence-corrected chi connectivity index (χ2v) is 2.91. The van der Waals surface area contributed by atoms with Crippen LogP contribution >= 0.6 is 0 Å². The van der Waals surface area contributed by atoms with Crippen LogP contribution in [0.5, 0.6) is 0 Å². The van der Waals surface area contributed by atoms with Crippen molar-refractivity contribution in [2.24, 2.45) is 11.8 Å². The molecule has 10 heavy (non-hydrogen) atoms. The fourth-order valence-corrected chi connectivity index (χ4v) is 1.30. The van der Waals surface area contributed by atoms with Gasteiger partial charge in [-0.1, -0.05) is 6.42 Å². The molecule has 2 heteroatoms. The number of ketones is 1. The second-order valence-electron chi connectivity index (χ2n) is 2.91. The van der Waals surface area contributed by atoms with Gasteiger partial charge in [-0.3, -0.25) is 4.79 Å². The van der Waals surface area contributed by atoms with E-state index in [0.717, 1.165) is 12.8 Å². The Morgan fingerprint density at radius 2 is 2.30 bits per heavy atom. The van der Waals surface area contributed by atoms with Gasteiger partial charge >= 0.3 is 0 Å². The lowest BCUT2D eigenvalue weighted by molar-refractivity contribution is -0.121. The topological polar surface area (TPSA) is 40.9 Å². The van der Waals surface area contributed by atoms with Crippen LogP contribution in [0.1, 0.15) is 26.2 Å². The van der Waals surface area contributed by atoms with Gasteiger partial charge in [0.05, 0.1) is 6.07 Å². The summed E-state index contributed by atoms with van der Waals surface area (Å²) < 4.78 is 0. The summed E-state index contributed by atoms with van der Waals surface area (Å²) in [7, 11) is 0. The molecule has 0 N–H and O–H groups in total. The third-order valence-electron chi connectivity index (χ3n) is 2.20. The maximum atomic E-state index is 10.8. The molecule has 1 unspecified atom stereocenters. The van der Waals surface area contributed by atoms with Gasteiger partial charge in [-0.15, -0.1) is 0 Å². The van der Waals surface area contributed by atoms with E-state index in [1.54, 1.807) is 0 Å². The molecular weight excluding hydrogens is 126 g/mol. The first kappa shape index (κ1) is 7.27. The van der Waals surface area contributed by atoms with E-state index >= 15 is 0 Å². The molecular formula is C8H11NO. The van der Waals surface area contributed by atoms with E-state index in [1.165, 1.54) is 13.3 Å². The third-order valence-corrected chi connectivity index (χ3v) is 2.20. The summed E-state index contributed by atoms with van der Waals surface area (Å²) in [5.74, 6) is 0.100. The highest BCUT2D eigenvalue weighted by Crippen LogP contribution is 2.33. The Kier molecular flexibility index (Phi) is 2.06. The molecule has 0 saturated heterocycles. The van der Waals surface area contributed by atoms with Crippen LogP contribution in [0.25, 0.3) is 0 Å². The minimum atomic E-state index is -0.311. The zero-order valence-corrected chi connectivity index (χ0v) is 6.13. The molecule has 0 spiro atoms. The molecule has 1 fully saturated rings. The van der Waals surface area contributed by atoms with E-state index in [9.17, 15) is 4.79 Å². The Balaban J connectivity index is 2.49. The molecule has 0 aromatic heterocycles. The normalized spacial score (nSPS) is 20.8. The standard InChI is InChI=1S/C8H11NO/c1-6(10)8(5-9)7-3-2-4-7/h7-8H,2-4H2,1H3. The van der Waals surface area contributed by atoms with Crippen LogP contribution < -0.4 is 0 Å². The predicted octanol–water partition coefficient (Wildman–Crippen LogP) is 1.52. The van der Waals surface area contributed by atoms with Crippen LogP contribution in [0.3, 0.4) is 0 Å². The Morgan fingerprint density at radius 3 is 2.40 bits per heavy atom. The average Bonchev–Trinajstić information content (AvgIpc) is 1.76. The summed E-state index contributed by atoms with van der Waals surface area (Å²) in [6.07, 6.45) is 3.33. The Bertz CT molecular complexity index is 176. The largest absolute Gasteiger partial charge is 0.299 e. The van der Waals surface area contributed by atoms with Crippen LogP contribution in [0.2, 0.25) is 0 Å². The Labute approximate surface area is 60.8 Å². The van der Waals surface area contributed by atoms with E-state index in [4.69, 9.17) is 5.26 Å². The molecule has 0 bridgehead atoms. The van der Waals surface area contributed by atoms with E-state index in [1.807, 2.05) is 0 Å². The Morgan fingerprint density at radius 1 is 1.70 bits per heavy atom. The summed E-state index contributed by atoms with van der Waals surface area (Å²) in [5, 5.41) is 8.56. The van der Waals surface area contributed by atoms with Gasteiger partial charge in [0.1, 0.15) is 11.7 Å². The Hall–Kier alpha value is -0.840. The SMILES string of the molecule is CC(=O)C(C#N)C1CCC1. The maximum absolute atomic E-state index is 10.8. The molecule has 0 radical (unpaired) electrons. The molecule has 1 aliphatic rings. The lowest BCUT2D eigenvalue weighted by atomic mass is 9.75. The number of Topliss-reactive ketones (excluding diaryl/α,β-unsaturated/α-hetero) is 1. The smallest absolute Gasteiger partial charge is 0.147 e. The van der Waals surface area contributed by atoms with Crippen molar-refractivity contribution >= 4 is 5.78 Å². The van der Waals surface area contributed by atoms with Gasteiger partial charge < -0.3 is 0 Å². The van der Waals surface area contributed by atoms with Crippen LogP contribution in [-0.2, 0) is 4.79 Å². The minimum absolute atomic E-state index is 0.0344. The number of nitriles is 1. The highest BCUT2D eigenvalue weighted by molar-refractivity contribution is 5.81. The molecule has 1 atom stereocenters. The molecule has 1 rings (SSSR count). The number of hydrogen-bond acceptors (Lipinski definition) is 2. The first-order chi connectivity index (χ1) is 4.75. The van der Waals surface area contributed by atoms with Gasteiger partial charge in [0.15, 0.2) is 0 Å². The number of hydrogen-bond donors (Lipinski definition) is 0. The van der Waals surface area contributed by atoms with Gasteiger partial charge in [0.2, 0.25) is 0 Å². The van der Waals surface area contributed by atoms with E-state index in [0.29, 0.717) is 5.92 Å². The third kappa shape index (κ3) is 1.18. The van der Waals surface area contributed by atoms with Crippen molar-refractivity contribution in [3.05, 3.63) is 0 Å². The van der Waals surface area contributed by atoms with Crippen LogP contribution in [0.4, 0.5) is 0 Å². The van der Waals surface area contributed by atoms with Crippen molar-refractivity contribution in [1.29, 1.82) is 5.26 Å². The number of nitrogens with zero attached hydrogens (tertiary/aromatic N) is 1. The first-order valence-electron chi connectivity index (χ1n) is 3.65. The number of rotatable bonds is 2. The fourth-order valence-electron chi connectivity index (χ4n) is 1.30. The molecule has 2 nitrogen and oxygen atoms in total. The van der Waals surface area contributed by atoms with Gasteiger partial charge in [-0.05, 0) is 25.7 Å². The highest BCUT2D eigenvalue weighted by atomic mass is 16.1. The molecule has 1 saturated carbocycles. The zero-order chi connectivity index (χ0) is 7.56. The number of carbonyl (C=O) groups is 1. The predicted molar refractivity (Wildman–Crippen MR) is 37.1 cm³/mol. The van der Waals surface area contributed by atoms with E-state index in [-0.39, 0.29) is 11.7 Å². The molecule has 0 heterocycles. The lowest BCUT2D eigenvalue weighted by Crippen LogP contribution is -2.25. The monoisotopic (exact) mass is 137 g/mol. The van der Waals surface area contributed by atoms with Crippen molar-refractivity contribution < 1.29 is 4.79 Å². The fraction of sp³-hybridized carbons (Fsp3) is 0.750. The quantitative estimate of drug-likeness (QED) is 0.579. The van der Waals surface area contributed by atoms with Gasteiger partial charge in [0, 0.05) is 0 Å². The molecule has 0 aromatic rings. The molecule has 1 aliphatic carbocycles. The molecule has 0 amide bonds. The molecule has 0 aromatic carbocycles. The second kappa shape index (κ2) is 2.83. The van der Waals surface area contributed by atoms with Crippen molar-refractivity contribution in [2.45, 2.75) is 26.2 Å². The van der Waals surface area contributed by atoms with Crippen molar-refractivity contribution in [2.75, 3.05) is 0 Å². The molecule has 54 valence electrons. The van der Waals surface area contributed by atoms with Crippen LogP contribution in [-0.4, -0.2) is 5.78 Å². The van der Waals surface area contributed by atoms with E-state index < -0.39 is 0 Å². The summed E-state index contributed by atoms with van der Waals surface area (Å²) in [4.78, 5) is 10.8. The summed E-state index contributed by atoms with van der Waals surface area (Å²) >= 11 is 0. The minimum Gasteiger partial charge on any atom is -0.299 e.